The van der Waals surface area contributed by atoms with Crippen LogP contribution in [0.1, 0.15) is 5.56 Å². The first-order valence-corrected chi connectivity index (χ1v) is 7.63. The lowest BCUT2D eigenvalue weighted by Gasteiger charge is -2.02. The number of benzene rings is 1. The molecular formula is C10H11N3O4S2. The van der Waals surface area contributed by atoms with E-state index in [9.17, 15) is 13.2 Å². The molecule has 2 aromatic rings. The van der Waals surface area contributed by atoms with Crippen molar-refractivity contribution in [1.29, 1.82) is 0 Å². The summed E-state index contributed by atoms with van der Waals surface area (Å²) in [6.45, 7) is 1.95. The lowest BCUT2D eigenvalue weighted by molar-refractivity contribution is 0.253. The van der Waals surface area contributed by atoms with Gasteiger partial charge in [-0.15, -0.1) is 0 Å². The molecule has 0 saturated heterocycles. The Morgan fingerprint density at radius 1 is 1.47 bits per heavy atom. The maximum absolute atomic E-state index is 11.4. The third-order valence-corrected chi connectivity index (χ3v) is 3.62. The normalized spacial score (nSPS) is 11.5. The van der Waals surface area contributed by atoms with Crippen molar-refractivity contribution in [3.05, 3.63) is 23.8 Å². The largest absolute Gasteiger partial charge is 0.321 e. The van der Waals surface area contributed by atoms with E-state index < -0.39 is 22.0 Å². The minimum atomic E-state index is -4.23. The Morgan fingerprint density at radius 3 is 2.89 bits per heavy atom. The zero-order valence-electron chi connectivity index (χ0n) is 9.87. The highest BCUT2D eigenvalue weighted by atomic mass is 32.2. The Morgan fingerprint density at radius 2 is 2.21 bits per heavy atom. The highest BCUT2D eigenvalue weighted by molar-refractivity contribution is 7.85. The Balaban J connectivity index is 2.07. The SMILES string of the molecule is Cc1ccc2nc(NC(=O)NCS(=O)(=O)O)sc2c1. The first-order valence-electron chi connectivity index (χ1n) is 5.21. The van der Waals surface area contributed by atoms with Crippen molar-refractivity contribution < 1.29 is 17.8 Å². The molecule has 0 bridgehead atoms. The number of carbonyl (C=O) groups is 1. The molecule has 0 unspecified atom stereocenters. The number of hydrogen-bond acceptors (Lipinski definition) is 5. The number of nitrogens with one attached hydrogen (secondary N) is 2. The molecule has 2 amide bonds. The number of fused-ring (bicyclic) bond motifs is 1. The minimum Gasteiger partial charge on any atom is -0.321 e. The summed E-state index contributed by atoms with van der Waals surface area (Å²) in [7, 11) is -4.23. The second-order valence-electron chi connectivity index (χ2n) is 3.85. The molecule has 0 radical (unpaired) electrons. The van der Waals surface area contributed by atoms with Crippen LogP contribution in [0.5, 0.6) is 0 Å². The van der Waals surface area contributed by atoms with E-state index in [1.165, 1.54) is 11.3 Å². The molecule has 0 aliphatic carbocycles. The summed E-state index contributed by atoms with van der Waals surface area (Å²) in [5, 5.41) is 4.77. The Hall–Kier alpha value is -1.71. The molecule has 1 aromatic heterocycles. The van der Waals surface area contributed by atoms with E-state index in [-0.39, 0.29) is 0 Å². The average molecular weight is 301 g/mol. The van der Waals surface area contributed by atoms with E-state index in [4.69, 9.17) is 4.55 Å². The van der Waals surface area contributed by atoms with Gasteiger partial charge in [-0.2, -0.15) is 8.42 Å². The molecule has 1 aromatic carbocycles. The van der Waals surface area contributed by atoms with E-state index in [1.807, 2.05) is 30.4 Å². The van der Waals surface area contributed by atoms with Gasteiger partial charge in [-0.1, -0.05) is 17.4 Å². The fourth-order valence-corrected chi connectivity index (χ4v) is 2.66. The molecule has 102 valence electrons. The van der Waals surface area contributed by atoms with Gasteiger partial charge in [0.2, 0.25) is 0 Å². The van der Waals surface area contributed by atoms with Crippen LogP contribution >= 0.6 is 11.3 Å². The van der Waals surface area contributed by atoms with E-state index in [0.717, 1.165) is 15.8 Å². The summed E-state index contributed by atoms with van der Waals surface area (Å²) in [5.74, 6) is -0.844. The molecular weight excluding hydrogens is 290 g/mol. The van der Waals surface area contributed by atoms with Gasteiger partial charge in [-0.25, -0.2) is 9.78 Å². The number of thiazole rings is 1. The van der Waals surface area contributed by atoms with Crippen LogP contribution in [-0.2, 0) is 10.1 Å². The maximum Gasteiger partial charge on any atom is 0.321 e. The summed E-state index contributed by atoms with van der Waals surface area (Å²) in [6, 6.07) is 4.94. The van der Waals surface area contributed by atoms with Crippen LogP contribution in [0, 0.1) is 6.92 Å². The second-order valence-corrected chi connectivity index (χ2v) is 6.33. The molecule has 2 rings (SSSR count). The van der Waals surface area contributed by atoms with Crippen molar-refractivity contribution in [3.8, 4) is 0 Å². The summed E-state index contributed by atoms with van der Waals surface area (Å²) in [4.78, 5) is 15.5. The predicted molar refractivity (Wildman–Crippen MR) is 72.9 cm³/mol. The van der Waals surface area contributed by atoms with E-state index in [1.54, 1.807) is 0 Å². The van der Waals surface area contributed by atoms with Crippen LogP contribution in [0.15, 0.2) is 18.2 Å². The zero-order chi connectivity index (χ0) is 14.0. The van der Waals surface area contributed by atoms with Crippen molar-refractivity contribution >= 4 is 42.8 Å². The molecule has 0 atom stereocenters. The van der Waals surface area contributed by atoms with Gasteiger partial charge in [0.05, 0.1) is 10.2 Å². The Kier molecular flexibility index (Phi) is 3.69. The molecule has 1 heterocycles. The van der Waals surface area contributed by atoms with Gasteiger partial charge in [0, 0.05) is 0 Å². The van der Waals surface area contributed by atoms with E-state index in [2.05, 4.69) is 10.3 Å². The van der Waals surface area contributed by atoms with Gasteiger partial charge in [0.25, 0.3) is 10.1 Å². The van der Waals surface area contributed by atoms with Crippen LogP contribution in [0.3, 0.4) is 0 Å². The van der Waals surface area contributed by atoms with Crippen molar-refractivity contribution in [2.24, 2.45) is 0 Å². The molecule has 0 spiro atoms. The third-order valence-electron chi connectivity index (χ3n) is 2.18. The Bertz CT molecular complexity index is 723. The second kappa shape index (κ2) is 5.11. The van der Waals surface area contributed by atoms with Gasteiger partial charge in [-0.05, 0) is 24.6 Å². The summed E-state index contributed by atoms with van der Waals surface area (Å²) in [6.07, 6.45) is 0. The molecule has 7 nitrogen and oxygen atoms in total. The number of aromatic nitrogens is 1. The maximum atomic E-state index is 11.4. The van der Waals surface area contributed by atoms with Gasteiger partial charge in [0.1, 0.15) is 5.88 Å². The van der Waals surface area contributed by atoms with Crippen LogP contribution in [-0.4, -0.2) is 29.9 Å². The highest BCUT2D eigenvalue weighted by Crippen LogP contribution is 2.26. The first kappa shape index (κ1) is 13.7. The molecule has 0 aliphatic heterocycles. The number of rotatable bonds is 3. The summed E-state index contributed by atoms with van der Waals surface area (Å²) >= 11 is 1.28. The molecule has 9 heteroatoms. The van der Waals surface area contributed by atoms with Crippen molar-refractivity contribution in [3.63, 3.8) is 0 Å². The lowest BCUT2D eigenvalue weighted by Crippen LogP contribution is -2.33. The molecule has 19 heavy (non-hydrogen) atoms. The van der Waals surface area contributed by atoms with Crippen LogP contribution in [0.2, 0.25) is 0 Å². The number of hydrogen-bond donors (Lipinski definition) is 3. The minimum absolute atomic E-state index is 0.355. The number of anilines is 1. The lowest BCUT2D eigenvalue weighted by atomic mass is 10.2. The van der Waals surface area contributed by atoms with Crippen molar-refractivity contribution in [2.45, 2.75) is 6.92 Å². The van der Waals surface area contributed by atoms with Crippen molar-refractivity contribution in [2.75, 3.05) is 11.2 Å². The number of aryl methyl sites for hydroxylation is 1. The molecule has 0 aliphatic rings. The first-order chi connectivity index (χ1) is 8.83. The van der Waals surface area contributed by atoms with E-state index >= 15 is 0 Å². The molecule has 0 saturated carbocycles. The van der Waals surface area contributed by atoms with Crippen LogP contribution in [0.4, 0.5) is 9.93 Å². The standard InChI is InChI=1S/C10H11N3O4S2/c1-6-2-3-7-8(4-6)18-10(12-7)13-9(14)11-5-19(15,16)17/h2-4H,5H2,1H3,(H,15,16,17)(H2,11,12,13,14). The number of urea groups is 1. The van der Waals surface area contributed by atoms with Crippen LogP contribution in [0.25, 0.3) is 10.2 Å². The Labute approximate surface area is 113 Å². The highest BCUT2D eigenvalue weighted by Gasteiger charge is 2.10. The zero-order valence-corrected chi connectivity index (χ0v) is 11.5. The smallest absolute Gasteiger partial charge is 0.321 e. The van der Waals surface area contributed by atoms with Gasteiger partial charge < -0.3 is 5.32 Å². The molecule has 0 fully saturated rings. The van der Waals surface area contributed by atoms with E-state index in [0.29, 0.717) is 5.13 Å². The van der Waals surface area contributed by atoms with Crippen LogP contribution < -0.4 is 10.6 Å². The fraction of sp³-hybridized carbons (Fsp3) is 0.200. The summed E-state index contributed by atoms with van der Waals surface area (Å²) in [5.41, 5.74) is 1.83. The predicted octanol–water partition coefficient (Wildman–Crippen LogP) is 1.57. The van der Waals surface area contributed by atoms with Crippen molar-refractivity contribution in [1.82, 2.24) is 10.3 Å². The van der Waals surface area contributed by atoms with Gasteiger partial charge in [-0.3, -0.25) is 9.87 Å². The monoisotopic (exact) mass is 301 g/mol. The quantitative estimate of drug-likeness (QED) is 0.746. The molecule has 3 N–H and O–H groups in total. The average Bonchev–Trinajstić information content (AvgIpc) is 2.66. The number of carbonyl (C=O) groups excluding carboxylic acids is 1. The number of nitrogens with zero attached hydrogens (tertiary/aromatic N) is 1. The third kappa shape index (κ3) is 3.88. The van der Waals surface area contributed by atoms with Gasteiger partial charge >= 0.3 is 6.03 Å². The fourth-order valence-electron chi connectivity index (χ4n) is 1.38. The number of amides is 2. The topological polar surface area (TPSA) is 108 Å². The van der Waals surface area contributed by atoms with Gasteiger partial charge in [0.15, 0.2) is 5.13 Å². The summed E-state index contributed by atoms with van der Waals surface area (Å²) < 4.78 is 30.3.